The van der Waals surface area contributed by atoms with Crippen molar-refractivity contribution >= 4 is 33.2 Å². The minimum absolute atomic E-state index is 0.257. The van der Waals surface area contributed by atoms with E-state index in [-0.39, 0.29) is 5.91 Å². The Morgan fingerprint density at radius 3 is 2.63 bits per heavy atom. The van der Waals surface area contributed by atoms with Crippen molar-refractivity contribution in [1.29, 1.82) is 0 Å². The third-order valence-electron chi connectivity index (χ3n) is 2.69. The van der Waals surface area contributed by atoms with E-state index in [2.05, 4.69) is 26.2 Å². The Balaban J connectivity index is 2.26. The summed E-state index contributed by atoms with van der Waals surface area (Å²) < 4.78 is 0.855. The molecule has 98 valence electrons. The molecule has 1 aromatic heterocycles. The summed E-state index contributed by atoms with van der Waals surface area (Å²) in [5.74, 6) is -0.257. The molecule has 0 bridgehead atoms. The Morgan fingerprint density at radius 1 is 1.32 bits per heavy atom. The molecule has 0 spiro atoms. The van der Waals surface area contributed by atoms with Crippen molar-refractivity contribution in [1.82, 2.24) is 4.98 Å². The lowest BCUT2D eigenvalue weighted by molar-refractivity contribution is 0.102. The number of hydrogen-bond acceptors (Lipinski definition) is 3. The van der Waals surface area contributed by atoms with Gasteiger partial charge in [0.1, 0.15) is 5.69 Å². The largest absolute Gasteiger partial charge is 0.397 e. The maximum absolute atomic E-state index is 12.1. The Morgan fingerprint density at radius 2 is 2.05 bits per heavy atom. The fourth-order valence-corrected chi connectivity index (χ4v) is 2.56. The summed E-state index contributed by atoms with van der Waals surface area (Å²) >= 11 is 3.46. The molecule has 0 aliphatic rings. The number of nitrogens with two attached hydrogens (primary N) is 1. The lowest BCUT2D eigenvalue weighted by Gasteiger charge is -2.11. The summed E-state index contributed by atoms with van der Waals surface area (Å²) in [5, 5.41) is 2.85. The summed E-state index contributed by atoms with van der Waals surface area (Å²) in [6.45, 7) is 3.95. The molecule has 0 fully saturated rings. The van der Waals surface area contributed by atoms with Gasteiger partial charge in [-0.25, -0.2) is 4.98 Å². The van der Waals surface area contributed by atoms with Crippen molar-refractivity contribution < 1.29 is 4.79 Å². The van der Waals surface area contributed by atoms with E-state index in [9.17, 15) is 4.79 Å². The first-order valence-corrected chi connectivity index (χ1v) is 6.56. The molecule has 1 aromatic carbocycles. The number of carbonyl (C=O) groups is 1. The second kappa shape index (κ2) is 5.40. The highest BCUT2D eigenvalue weighted by Gasteiger charge is 2.11. The van der Waals surface area contributed by atoms with E-state index in [4.69, 9.17) is 5.73 Å². The van der Waals surface area contributed by atoms with Gasteiger partial charge in [-0.3, -0.25) is 4.79 Å². The third-order valence-corrected chi connectivity index (χ3v) is 3.31. The number of nitrogens with zero attached hydrogens (tertiary/aromatic N) is 1. The summed E-state index contributed by atoms with van der Waals surface area (Å²) in [5.41, 5.74) is 9.30. The van der Waals surface area contributed by atoms with Crippen LogP contribution in [0.2, 0.25) is 0 Å². The SMILES string of the molecule is Cc1cc(C)c(NC(=O)c2ccc(N)cn2)c(Br)c1. The van der Waals surface area contributed by atoms with Crippen LogP contribution in [0.4, 0.5) is 11.4 Å². The standard InChI is InChI=1S/C14H14BrN3O/c1-8-5-9(2)13(11(15)6-8)18-14(19)12-4-3-10(16)7-17-12/h3-7H,16H2,1-2H3,(H,18,19). The lowest BCUT2D eigenvalue weighted by Crippen LogP contribution is -2.15. The normalized spacial score (nSPS) is 10.3. The van der Waals surface area contributed by atoms with Crippen LogP contribution < -0.4 is 11.1 Å². The second-order valence-corrected chi connectivity index (χ2v) is 5.22. The molecule has 0 aliphatic heterocycles. The smallest absolute Gasteiger partial charge is 0.274 e. The fourth-order valence-electron chi connectivity index (χ4n) is 1.79. The molecule has 0 radical (unpaired) electrons. The number of hydrogen-bond donors (Lipinski definition) is 2. The van der Waals surface area contributed by atoms with Crippen LogP contribution in [0.15, 0.2) is 34.9 Å². The van der Waals surface area contributed by atoms with Gasteiger partial charge in [0.25, 0.3) is 5.91 Å². The van der Waals surface area contributed by atoms with Gasteiger partial charge < -0.3 is 11.1 Å². The van der Waals surface area contributed by atoms with Crippen molar-refractivity contribution in [3.63, 3.8) is 0 Å². The zero-order valence-electron chi connectivity index (χ0n) is 10.7. The number of halogens is 1. The highest BCUT2D eigenvalue weighted by Crippen LogP contribution is 2.28. The quantitative estimate of drug-likeness (QED) is 0.892. The average Bonchev–Trinajstić information content (AvgIpc) is 2.34. The first kappa shape index (κ1) is 13.5. The van der Waals surface area contributed by atoms with E-state index in [1.54, 1.807) is 12.1 Å². The molecule has 2 rings (SSSR count). The average molecular weight is 320 g/mol. The van der Waals surface area contributed by atoms with Gasteiger partial charge in [0.2, 0.25) is 0 Å². The summed E-state index contributed by atoms with van der Waals surface area (Å²) in [6.07, 6.45) is 1.46. The van der Waals surface area contributed by atoms with Crippen molar-refractivity contribution in [3.05, 3.63) is 51.8 Å². The topological polar surface area (TPSA) is 68.0 Å². The number of carbonyl (C=O) groups excluding carboxylic acids is 1. The molecule has 0 saturated heterocycles. The van der Waals surface area contributed by atoms with E-state index in [0.29, 0.717) is 11.4 Å². The molecule has 3 N–H and O–H groups in total. The number of pyridine rings is 1. The van der Waals surface area contributed by atoms with Crippen LogP contribution in [-0.4, -0.2) is 10.9 Å². The zero-order valence-corrected chi connectivity index (χ0v) is 12.3. The number of rotatable bonds is 2. The number of benzene rings is 1. The Bertz CT molecular complexity index is 600. The van der Waals surface area contributed by atoms with Crippen molar-refractivity contribution in [2.75, 3.05) is 11.1 Å². The van der Waals surface area contributed by atoms with Crippen LogP contribution in [0.5, 0.6) is 0 Å². The Hall–Kier alpha value is -1.88. The number of anilines is 2. The molecule has 0 unspecified atom stereocenters. The molecule has 0 aliphatic carbocycles. The first-order chi connectivity index (χ1) is 8.97. The minimum Gasteiger partial charge on any atom is -0.397 e. The maximum atomic E-state index is 12.1. The van der Waals surface area contributed by atoms with E-state index >= 15 is 0 Å². The van der Waals surface area contributed by atoms with Gasteiger partial charge in [0.15, 0.2) is 0 Å². The molecule has 5 heteroatoms. The predicted molar refractivity (Wildman–Crippen MR) is 80.2 cm³/mol. The van der Waals surface area contributed by atoms with E-state index in [1.807, 2.05) is 26.0 Å². The molecule has 1 heterocycles. The second-order valence-electron chi connectivity index (χ2n) is 4.37. The summed E-state index contributed by atoms with van der Waals surface area (Å²) in [7, 11) is 0. The Labute approximate surface area is 120 Å². The van der Waals surface area contributed by atoms with E-state index in [0.717, 1.165) is 21.3 Å². The molecule has 0 saturated carbocycles. The van der Waals surface area contributed by atoms with Crippen LogP contribution in [0, 0.1) is 13.8 Å². The van der Waals surface area contributed by atoms with Crippen LogP contribution >= 0.6 is 15.9 Å². The van der Waals surface area contributed by atoms with Crippen LogP contribution in [0.25, 0.3) is 0 Å². The zero-order chi connectivity index (χ0) is 14.0. The molecular formula is C14H14BrN3O. The van der Waals surface area contributed by atoms with E-state index in [1.165, 1.54) is 6.20 Å². The van der Waals surface area contributed by atoms with Gasteiger partial charge in [0, 0.05) is 4.47 Å². The van der Waals surface area contributed by atoms with Crippen LogP contribution in [0.1, 0.15) is 21.6 Å². The van der Waals surface area contributed by atoms with Gasteiger partial charge in [-0.15, -0.1) is 0 Å². The van der Waals surface area contributed by atoms with Gasteiger partial charge >= 0.3 is 0 Å². The number of nitrogens with one attached hydrogen (secondary N) is 1. The minimum atomic E-state index is -0.257. The lowest BCUT2D eigenvalue weighted by atomic mass is 10.1. The van der Waals surface area contributed by atoms with Crippen molar-refractivity contribution in [3.8, 4) is 0 Å². The number of amides is 1. The number of aryl methyl sites for hydroxylation is 2. The molecule has 1 amide bonds. The highest BCUT2D eigenvalue weighted by molar-refractivity contribution is 9.10. The van der Waals surface area contributed by atoms with Crippen LogP contribution in [-0.2, 0) is 0 Å². The van der Waals surface area contributed by atoms with Crippen molar-refractivity contribution in [2.45, 2.75) is 13.8 Å². The summed E-state index contributed by atoms with van der Waals surface area (Å²) in [4.78, 5) is 16.1. The monoisotopic (exact) mass is 319 g/mol. The van der Waals surface area contributed by atoms with Gasteiger partial charge in [-0.2, -0.15) is 0 Å². The van der Waals surface area contributed by atoms with Crippen LogP contribution in [0.3, 0.4) is 0 Å². The molecule has 0 atom stereocenters. The molecule has 19 heavy (non-hydrogen) atoms. The van der Waals surface area contributed by atoms with E-state index < -0.39 is 0 Å². The molecular weight excluding hydrogens is 306 g/mol. The fraction of sp³-hybridized carbons (Fsp3) is 0.143. The van der Waals surface area contributed by atoms with Gasteiger partial charge in [0.05, 0.1) is 17.6 Å². The summed E-state index contributed by atoms with van der Waals surface area (Å²) in [6, 6.07) is 7.22. The Kier molecular flexibility index (Phi) is 3.85. The molecule has 4 nitrogen and oxygen atoms in total. The van der Waals surface area contributed by atoms with Gasteiger partial charge in [-0.05, 0) is 59.1 Å². The van der Waals surface area contributed by atoms with Crippen molar-refractivity contribution in [2.24, 2.45) is 0 Å². The number of nitrogen functional groups attached to an aromatic ring is 1. The predicted octanol–water partition coefficient (Wildman–Crippen LogP) is 3.30. The molecule has 2 aromatic rings. The first-order valence-electron chi connectivity index (χ1n) is 5.77. The number of aromatic nitrogens is 1. The third kappa shape index (κ3) is 3.12. The maximum Gasteiger partial charge on any atom is 0.274 e. The van der Waals surface area contributed by atoms with Gasteiger partial charge in [-0.1, -0.05) is 6.07 Å². The highest BCUT2D eigenvalue weighted by atomic mass is 79.9.